The predicted octanol–water partition coefficient (Wildman–Crippen LogP) is 3.63. The zero-order chi connectivity index (χ0) is 18.0. The largest absolute Gasteiger partial charge is 0.491 e. The van der Waals surface area contributed by atoms with Crippen molar-refractivity contribution in [2.45, 2.75) is 13.3 Å². The Kier molecular flexibility index (Phi) is 4.98. The minimum absolute atomic E-state index is 0.0397. The van der Waals surface area contributed by atoms with E-state index in [1.165, 1.54) is 18.9 Å². The van der Waals surface area contributed by atoms with Crippen LogP contribution in [0.1, 0.15) is 11.3 Å². The van der Waals surface area contributed by atoms with Gasteiger partial charge in [0, 0.05) is 29.9 Å². The van der Waals surface area contributed by atoms with E-state index in [0.717, 1.165) is 34.1 Å². The van der Waals surface area contributed by atoms with Crippen molar-refractivity contribution in [3.05, 3.63) is 47.3 Å². The molecule has 0 unspecified atom stereocenters. The third-order valence-electron chi connectivity index (χ3n) is 3.55. The van der Waals surface area contributed by atoms with Gasteiger partial charge in [-0.15, -0.1) is 11.8 Å². The number of hydrogen-bond acceptors (Lipinski definition) is 5. The van der Waals surface area contributed by atoms with Crippen LogP contribution < -0.4 is 10.1 Å². The number of thioether (sulfide) groups is 1. The molecule has 1 aliphatic heterocycles. The van der Waals surface area contributed by atoms with Gasteiger partial charge in [-0.1, -0.05) is 0 Å². The molecule has 0 radical (unpaired) electrons. The van der Waals surface area contributed by atoms with Crippen molar-refractivity contribution in [2.24, 2.45) is 4.99 Å². The summed E-state index contributed by atoms with van der Waals surface area (Å²) in [5.41, 5.74) is 2.85. The summed E-state index contributed by atoms with van der Waals surface area (Å²) in [5, 5.41) is 3.28. The summed E-state index contributed by atoms with van der Waals surface area (Å²) in [5.74, 6) is -2.50. The zero-order valence-electron chi connectivity index (χ0n) is 13.6. The highest BCUT2D eigenvalue weighted by Crippen LogP contribution is 2.30. The van der Waals surface area contributed by atoms with E-state index in [1.54, 1.807) is 6.20 Å². The Bertz CT molecular complexity index is 848. The summed E-state index contributed by atoms with van der Waals surface area (Å²) < 4.78 is 31.9. The molecule has 0 saturated heterocycles. The van der Waals surface area contributed by atoms with Crippen LogP contribution >= 0.6 is 11.8 Å². The molecule has 8 heteroatoms. The number of aromatic nitrogens is 1. The molecule has 0 spiro atoms. The van der Waals surface area contributed by atoms with Gasteiger partial charge in [-0.25, -0.2) is 13.8 Å². The molecule has 0 atom stereocenters. The topological polar surface area (TPSA) is 63.6 Å². The summed E-state index contributed by atoms with van der Waals surface area (Å²) in [7, 11) is 1.17. The summed E-state index contributed by atoms with van der Waals surface area (Å²) >= 11 is 1.29. The summed E-state index contributed by atoms with van der Waals surface area (Å²) in [6.07, 6.45) is 2.36. The van der Waals surface area contributed by atoms with E-state index in [1.807, 2.05) is 13.0 Å². The van der Waals surface area contributed by atoms with E-state index in [9.17, 15) is 13.6 Å². The van der Waals surface area contributed by atoms with Crippen molar-refractivity contribution in [3.63, 3.8) is 0 Å². The molecule has 1 aromatic carbocycles. The minimum atomic E-state index is -0.871. The fourth-order valence-corrected chi connectivity index (χ4v) is 3.23. The molecule has 5 nitrogen and oxygen atoms in total. The van der Waals surface area contributed by atoms with E-state index in [0.29, 0.717) is 6.42 Å². The fourth-order valence-electron chi connectivity index (χ4n) is 2.44. The highest BCUT2D eigenvalue weighted by atomic mass is 32.2. The highest BCUT2D eigenvalue weighted by Gasteiger charge is 2.17. The number of amides is 1. The van der Waals surface area contributed by atoms with Crippen LogP contribution in [0.4, 0.5) is 20.2 Å². The number of carbonyl (C=O) groups is 1. The second-order valence-corrected chi connectivity index (χ2v) is 6.50. The molecule has 0 bridgehead atoms. The number of nitrogens with one attached hydrogen (secondary N) is 1. The van der Waals surface area contributed by atoms with Crippen LogP contribution in [0.15, 0.2) is 29.4 Å². The number of aliphatic imine (C=N–C) groups is 1. The van der Waals surface area contributed by atoms with E-state index in [4.69, 9.17) is 0 Å². The molecule has 0 fully saturated rings. The highest BCUT2D eigenvalue weighted by molar-refractivity contribution is 8.14. The van der Waals surface area contributed by atoms with Gasteiger partial charge in [0.05, 0.1) is 29.8 Å². The van der Waals surface area contributed by atoms with E-state index in [-0.39, 0.29) is 17.3 Å². The number of ether oxygens (including phenoxy) is 1. The van der Waals surface area contributed by atoms with Crippen LogP contribution in [0.25, 0.3) is 0 Å². The molecule has 0 aliphatic carbocycles. The van der Waals surface area contributed by atoms with E-state index < -0.39 is 17.4 Å². The monoisotopic (exact) mass is 363 g/mol. The van der Waals surface area contributed by atoms with Gasteiger partial charge in [0.25, 0.3) is 0 Å². The van der Waals surface area contributed by atoms with Gasteiger partial charge < -0.3 is 10.1 Å². The first kappa shape index (κ1) is 17.3. The first-order valence-corrected chi connectivity index (χ1v) is 8.43. The molecular weight excluding hydrogens is 348 g/mol. The average molecular weight is 363 g/mol. The van der Waals surface area contributed by atoms with Gasteiger partial charge in [-0.2, -0.15) is 0 Å². The van der Waals surface area contributed by atoms with Crippen molar-refractivity contribution in [2.75, 3.05) is 18.2 Å². The Morgan fingerprint density at radius 3 is 2.72 bits per heavy atom. The Hall–Kier alpha value is -2.48. The van der Waals surface area contributed by atoms with Crippen LogP contribution in [0.3, 0.4) is 0 Å². The first-order valence-electron chi connectivity index (χ1n) is 7.45. The van der Waals surface area contributed by atoms with Gasteiger partial charge >= 0.3 is 0 Å². The second kappa shape index (κ2) is 7.18. The van der Waals surface area contributed by atoms with Gasteiger partial charge in [0.2, 0.25) is 5.91 Å². The lowest BCUT2D eigenvalue weighted by molar-refractivity contribution is -0.113. The van der Waals surface area contributed by atoms with Crippen LogP contribution in [-0.4, -0.2) is 28.8 Å². The molecule has 130 valence electrons. The summed E-state index contributed by atoms with van der Waals surface area (Å²) in [4.78, 5) is 20.6. The van der Waals surface area contributed by atoms with E-state index in [2.05, 4.69) is 20.0 Å². The predicted molar refractivity (Wildman–Crippen MR) is 93.8 cm³/mol. The Balaban J connectivity index is 1.58. The molecule has 1 amide bonds. The quantitative estimate of drug-likeness (QED) is 0.901. The number of halogens is 2. The normalized spacial score (nSPS) is 12.6. The molecule has 1 aliphatic rings. The number of carbonyl (C=O) groups excluding carboxylic acids is 1. The number of benzene rings is 1. The molecule has 3 rings (SSSR count). The Labute approximate surface area is 147 Å². The number of anilines is 1. The molecular formula is C17H15F2N3O2S. The van der Waals surface area contributed by atoms with Crippen LogP contribution in [0.2, 0.25) is 0 Å². The van der Waals surface area contributed by atoms with Crippen molar-refractivity contribution in [3.8, 4) is 5.75 Å². The summed E-state index contributed by atoms with van der Waals surface area (Å²) in [6, 6.07) is 4.00. The van der Waals surface area contributed by atoms with Gasteiger partial charge in [-0.05, 0) is 18.6 Å². The van der Waals surface area contributed by atoms with Crippen molar-refractivity contribution >= 4 is 34.1 Å². The van der Waals surface area contributed by atoms with Gasteiger partial charge in [0.1, 0.15) is 0 Å². The number of rotatable bonds is 4. The van der Waals surface area contributed by atoms with Crippen molar-refractivity contribution in [1.29, 1.82) is 0 Å². The van der Waals surface area contributed by atoms with E-state index >= 15 is 0 Å². The maximum absolute atomic E-state index is 13.6. The lowest BCUT2D eigenvalue weighted by atomic mass is 10.2. The zero-order valence-corrected chi connectivity index (χ0v) is 14.4. The Morgan fingerprint density at radius 1 is 1.32 bits per heavy atom. The first-order chi connectivity index (χ1) is 12.0. The summed E-state index contributed by atoms with van der Waals surface area (Å²) in [6.45, 7) is 1.91. The van der Waals surface area contributed by atoms with Crippen LogP contribution in [-0.2, 0) is 11.2 Å². The molecule has 1 N–H and O–H groups in total. The lowest BCUT2D eigenvalue weighted by Gasteiger charge is -2.08. The fraction of sp³-hybridized carbons (Fsp3) is 0.235. The molecule has 0 saturated carbocycles. The van der Waals surface area contributed by atoms with Crippen molar-refractivity contribution < 1.29 is 18.3 Å². The molecule has 2 heterocycles. The maximum atomic E-state index is 13.6. The van der Waals surface area contributed by atoms with Crippen LogP contribution in [0, 0.1) is 18.6 Å². The maximum Gasteiger partial charge on any atom is 0.234 e. The SMILES string of the molecule is COc1c(F)cc(NC(=O)CSC2=Nc3cnc(C)cc3C2)cc1F. The Morgan fingerprint density at radius 2 is 2.04 bits per heavy atom. The number of nitrogens with zero attached hydrogens (tertiary/aromatic N) is 2. The third kappa shape index (κ3) is 3.96. The molecule has 25 heavy (non-hydrogen) atoms. The van der Waals surface area contributed by atoms with Crippen LogP contribution in [0.5, 0.6) is 5.75 Å². The third-order valence-corrected chi connectivity index (χ3v) is 4.52. The minimum Gasteiger partial charge on any atom is -0.491 e. The molecule has 1 aromatic heterocycles. The smallest absolute Gasteiger partial charge is 0.234 e. The lowest BCUT2D eigenvalue weighted by Crippen LogP contribution is -2.15. The second-order valence-electron chi connectivity index (χ2n) is 5.45. The van der Waals surface area contributed by atoms with Gasteiger partial charge in [-0.3, -0.25) is 9.78 Å². The standard InChI is InChI=1S/C17H15F2N3O2S/c1-9-3-10-4-16(22-14(10)7-20-9)25-8-15(23)21-11-5-12(18)17(24-2)13(19)6-11/h3,5-7H,4,8H2,1-2H3,(H,21,23). The van der Waals surface area contributed by atoms with Gasteiger partial charge in [0.15, 0.2) is 17.4 Å². The number of pyridine rings is 1. The number of aryl methyl sites for hydroxylation is 1. The number of methoxy groups -OCH3 is 1. The van der Waals surface area contributed by atoms with Crippen molar-refractivity contribution in [1.82, 2.24) is 4.98 Å². The number of fused-ring (bicyclic) bond motifs is 1. The average Bonchev–Trinajstić information content (AvgIpc) is 2.94. The number of hydrogen-bond donors (Lipinski definition) is 1. The molecule has 2 aromatic rings.